The Morgan fingerprint density at radius 2 is 1.59 bits per heavy atom. The zero-order valence-electron chi connectivity index (χ0n) is 12.8. The smallest absolute Gasteiger partial charge is 0.416 e. The molecule has 0 saturated carbocycles. The lowest BCUT2D eigenvalue weighted by Crippen LogP contribution is -2.53. The van der Waals surface area contributed by atoms with E-state index in [1.165, 1.54) is 11.0 Å². The molecule has 1 aromatic rings. The first-order chi connectivity index (χ1) is 10.1. The highest BCUT2D eigenvalue weighted by Gasteiger charge is 2.44. The summed E-state index contributed by atoms with van der Waals surface area (Å²) in [5.41, 5.74) is 0.0571. The number of carboxylic acid groups (broad SMARTS) is 1. The SMILES string of the molecule is CC(C)N1c2ccc(C(F)(F)F)cc2N(C(C)C)C1C(=O)O. The zero-order valence-corrected chi connectivity index (χ0v) is 12.8. The first kappa shape index (κ1) is 16.5. The number of carboxylic acids is 1. The lowest BCUT2D eigenvalue weighted by atomic mass is 10.1. The molecule has 7 heteroatoms. The van der Waals surface area contributed by atoms with E-state index in [9.17, 15) is 23.1 Å². The molecule has 0 amide bonds. The van der Waals surface area contributed by atoms with Crippen molar-refractivity contribution >= 4 is 17.3 Å². The van der Waals surface area contributed by atoms with Crippen LogP contribution in [-0.4, -0.2) is 29.3 Å². The number of benzene rings is 1. The third kappa shape index (κ3) is 2.60. The van der Waals surface area contributed by atoms with Crippen LogP contribution in [0, 0.1) is 0 Å². The molecule has 1 aliphatic heterocycles. The second kappa shape index (κ2) is 5.37. The van der Waals surface area contributed by atoms with Crippen molar-refractivity contribution in [2.75, 3.05) is 9.80 Å². The molecule has 122 valence electrons. The minimum atomic E-state index is -4.46. The molecule has 0 fully saturated rings. The Morgan fingerprint density at radius 3 is 2.00 bits per heavy atom. The van der Waals surface area contributed by atoms with Gasteiger partial charge in [-0.2, -0.15) is 13.2 Å². The molecule has 4 nitrogen and oxygen atoms in total. The standard InChI is InChI=1S/C15H19F3N2O2/c1-8(2)19-11-6-5-10(15(16,17)18)7-12(11)20(9(3)4)13(19)14(21)22/h5-9,13H,1-4H3,(H,21,22). The molecule has 1 aliphatic rings. The topological polar surface area (TPSA) is 43.8 Å². The summed E-state index contributed by atoms with van der Waals surface area (Å²) in [6.45, 7) is 7.18. The van der Waals surface area contributed by atoms with Gasteiger partial charge in [-0.1, -0.05) is 0 Å². The van der Waals surface area contributed by atoms with E-state index in [2.05, 4.69) is 0 Å². The molecule has 1 unspecified atom stereocenters. The Morgan fingerprint density at radius 1 is 1.09 bits per heavy atom. The summed E-state index contributed by atoms with van der Waals surface area (Å²) in [4.78, 5) is 14.8. The van der Waals surface area contributed by atoms with Crippen LogP contribution in [0.15, 0.2) is 18.2 Å². The van der Waals surface area contributed by atoms with Gasteiger partial charge in [0.1, 0.15) is 0 Å². The predicted molar refractivity (Wildman–Crippen MR) is 78.1 cm³/mol. The van der Waals surface area contributed by atoms with Gasteiger partial charge in [-0.3, -0.25) is 0 Å². The molecular weight excluding hydrogens is 297 g/mol. The number of rotatable bonds is 3. The van der Waals surface area contributed by atoms with E-state index in [0.717, 1.165) is 12.1 Å². The fourth-order valence-corrected chi connectivity index (χ4v) is 2.88. The Hall–Kier alpha value is -1.92. The number of anilines is 2. The van der Waals surface area contributed by atoms with Crippen molar-refractivity contribution in [3.63, 3.8) is 0 Å². The van der Waals surface area contributed by atoms with Crippen LogP contribution in [0.1, 0.15) is 33.3 Å². The summed E-state index contributed by atoms with van der Waals surface area (Å²) < 4.78 is 38.8. The summed E-state index contributed by atoms with van der Waals surface area (Å²) in [7, 11) is 0. The van der Waals surface area contributed by atoms with Gasteiger partial charge >= 0.3 is 12.1 Å². The maximum Gasteiger partial charge on any atom is 0.416 e. The summed E-state index contributed by atoms with van der Waals surface area (Å²) >= 11 is 0. The number of fused-ring (bicyclic) bond motifs is 1. The molecule has 1 N–H and O–H groups in total. The Balaban J connectivity index is 2.64. The maximum absolute atomic E-state index is 12.9. The molecule has 0 aromatic heterocycles. The van der Waals surface area contributed by atoms with Gasteiger partial charge in [-0.05, 0) is 45.9 Å². The van der Waals surface area contributed by atoms with Gasteiger partial charge in [0.2, 0.25) is 6.17 Å². The van der Waals surface area contributed by atoms with Crippen LogP contribution >= 0.6 is 0 Å². The van der Waals surface area contributed by atoms with Gasteiger partial charge in [-0.15, -0.1) is 0 Å². The van der Waals surface area contributed by atoms with Crippen molar-refractivity contribution in [2.45, 2.75) is 52.1 Å². The average Bonchev–Trinajstić information content (AvgIpc) is 2.71. The molecule has 2 rings (SSSR count). The van der Waals surface area contributed by atoms with Crippen LogP contribution in [-0.2, 0) is 11.0 Å². The molecule has 0 radical (unpaired) electrons. The van der Waals surface area contributed by atoms with Crippen molar-refractivity contribution in [3.8, 4) is 0 Å². The molecule has 1 atom stereocenters. The molecule has 0 spiro atoms. The zero-order chi connectivity index (χ0) is 16.8. The third-order valence-electron chi connectivity index (χ3n) is 3.72. The van der Waals surface area contributed by atoms with Crippen LogP contribution in [0.5, 0.6) is 0 Å². The molecule has 0 bridgehead atoms. The number of halogens is 3. The normalized spacial score (nSPS) is 18.3. The Bertz CT molecular complexity index is 585. The van der Waals surface area contributed by atoms with E-state index < -0.39 is 23.9 Å². The number of hydrogen-bond acceptors (Lipinski definition) is 3. The molecular formula is C15H19F3N2O2. The minimum Gasteiger partial charge on any atom is -0.478 e. The Labute approximate surface area is 127 Å². The van der Waals surface area contributed by atoms with E-state index in [-0.39, 0.29) is 12.1 Å². The highest BCUT2D eigenvalue weighted by atomic mass is 19.4. The monoisotopic (exact) mass is 316 g/mol. The van der Waals surface area contributed by atoms with Crippen molar-refractivity contribution in [3.05, 3.63) is 23.8 Å². The summed E-state index contributed by atoms with van der Waals surface area (Å²) in [6, 6.07) is 2.99. The van der Waals surface area contributed by atoms with Crippen molar-refractivity contribution < 1.29 is 23.1 Å². The van der Waals surface area contributed by atoms with Gasteiger partial charge in [0.05, 0.1) is 16.9 Å². The summed E-state index contributed by atoms with van der Waals surface area (Å²) in [6.07, 6.45) is -5.46. The highest BCUT2D eigenvalue weighted by molar-refractivity contribution is 5.91. The van der Waals surface area contributed by atoms with Crippen molar-refractivity contribution in [2.24, 2.45) is 0 Å². The maximum atomic E-state index is 12.9. The lowest BCUT2D eigenvalue weighted by molar-refractivity contribution is -0.139. The van der Waals surface area contributed by atoms with E-state index in [1.807, 2.05) is 13.8 Å². The molecule has 0 saturated heterocycles. The average molecular weight is 316 g/mol. The molecule has 0 aliphatic carbocycles. The van der Waals surface area contributed by atoms with E-state index in [1.54, 1.807) is 18.7 Å². The predicted octanol–water partition coefficient (Wildman–Crippen LogP) is 3.56. The summed E-state index contributed by atoms with van der Waals surface area (Å²) in [5.74, 6) is -1.08. The van der Waals surface area contributed by atoms with Crippen LogP contribution in [0.3, 0.4) is 0 Å². The fraction of sp³-hybridized carbons (Fsp3) is 0.533. The van der Waals surface area contributed by atoms with Crippen molar-refractivity contribution in [1.29, 1.82) is 0 Å². The number of aliphatic carboxylic acids is 1. The van der Waals surface area contributed by atoms with E-state index in [4.69, 9.17) is 0 Å². The second-order valence-corrected chi connectivity index (χ2v) is 5.92. The quantitative estimate of drug-likeness (QED) is 0.926. The number of nitrogens with zero attached hydrogens (tertiary/aromatic N) is 2. The van der Waals surface area contributed by atoms with Crippen LogP contribution in [0.25, 0.3) is 0 Å². The van der Waals surface area contributed by atoms with Crippen LogP contribution in [0.4, 0.5) is 24.5 Å². The third-order valence-corrected chi connectivity index (χ3v) is 3.72. The largest absolute Gasteiger partial charge is 0.478 e. The number of carbonyl (C=O) groups is 1. The number of hydrogen-bond donors (Lipinski definition) is 1. The van der Waals surface area contributed by atoms with E-state index >= 15 is 0 Å². The fourth-order valence-electron chi connectivity index (χ4n) is 2.88. The van der Waals surface area contributed by atoms with Gasteiger partial charge in [0.15, 0.2) is 0 Å². The van der Waals surface area contributed by atoms with E-state index in [0.29, 0.717) is 11.4 Å². The van der Waals surface area contributed by atoms with Crippen molar-refractivity contribution in [1.82, 2.24) is 0 Å². The minimum absolute atomic E-state index is 0.152. The molecule has 1 aromatic carbocycles. The van der Waals surface area contributed by atoms with Gasteiger partial charge in [0, 0.05) is 12.1 Å². The second-order valence-electron chi connectivity index (χ2n) is 5.92. The first-order valence-electron chi connectivity index (χ1n) is 7.06. The first-order valence-corrected chi connectivity index (χ1v) is 7.06. The Kier molecular flexibility index (Phi) is 4.02. The highest BCUT2D eigenvalue weighted by Crippen LogP contribution is 2.45. The van der Waals surface area contributed by atoms with Gasteiger partial charge in [0.25, 0.3) is 0 Å². The van der Waals surface area contributed by atoms with Crippen LogP contribution < -0.4 is 9.80 Å². The van der Waals surface area contributed by atoms with Crippen LogP contribution in [0.2, 0.25) is 0 Å². The number of alkyl halides is 3. The van der Waals surface area contributed by atoms with Gasteiger partial charge in [-0.25, -0.2) is 4.79 Å². The molecule has 1 heterocycles. The molecule has 22 heavy (non-hydrogen) atoms. The van der Waals surface area contributed by atoms with Gasteiger partial charge < -0.3 is 14.9 Å². The summed E-state index contributed by atoms with van der Waals surface area (Å²) in [5, 5.41) is 9.55. The lowest BCUT2D eigenvalue weighted by Gasteiger charge is -2.34.